The van der Waals surface area contributed by atoms with E-state index in [1.807, 2.05) is 6.20 Å². The van der Waals surface area contributed by atoms with Crippen LogP contribution in [0.1, 0.15) is 58.4 Å². The first-order valence-electron chi connectivity index (χ1n) is 9.24. The highest BCUT2D eigenvalue weighted by Gasteiger charge is 2.62. The lowest BCUT2D eigenvalue weighted by molar-refractivity contribution is -0.178. The summed E-state index contributed by atoms with van der Waals surface area (Å²) >= 11 is 0. The van der Waals surface area contributed by atoms with Crippen molar-refractivity contribution in [3.8, 4) is 0 Å². The highest BCUT2D eigenvalue weighted by atomic mass is 16.2. The van der Waals surface area contributed by atoms with Crippen molar-refractivity contribution in [3.63, 3.8) is 0 Å². The van der Waals surface area contributed by atoms with E-state index in [9.17, 15) is 4.79 Å². The van der Waals surface area contributed by atoms with Crippen molar-refractivity contribution in [1.29, 1.82) is 0 Å². The quantitative estimate of drug-likeness (QED) is 0.855. The molecule has 1 aromatic heterocycles. The lowest BCUT2D eigenvalue weighted by Gasteiger charge is -2.61. The second kappa shape index (κ2) is 5.09. The van der Waals surface area contributed by atoms with Gasteiger partial charge in [-0.15, -0.1) is 0 Å². The van der Waals surface area contributed by atoms with Crippen molar-refractivity contribution in [2.45, 2.75) is 64.8 Å². The Hall–Kier alpha value is -1.32. The minimum absolute atomic E-state index is 0.0610. The molecule has 1 saturated heterocycles. The molecule has 126 valence electrons. The van der Waals surface area contributed by atoms with E-state index in [1.54, 1.807) is 0 Å². The van der Waals surface area contributed by atoms with Gasteiger partial charge < -0.3 is 4.90 Å². The molecule has 0 atom stereocenters. The predicted molar refractivity (Wildman–Crippen MR) is 90.0 cm³/mol. The van der Waals surface area contributed by atoms with Crippen LogP contribution in [0.25, 0.3) is 0 Å². The molecule has 0 N–H and O–H groups in total. The number of hydrogen-bond acceptors (Lipinski definition) is 2. The molecular weight excluding hydrogens is 286 g/mol. The third-order valence-corrected chi connectivity index (χ3v) is 6.45. The van der Waals surface area contributed by atoms with Crippen molar-refractivity contribution in [1.82, 2.24) is 14.7 Å². The number of likely N-dealkylation sites (tertiary alicyclic amines) is 1. The van der Waals surface area contributed by atoms with Crippen molar-refractivity contribution in [2.75, 3.05) is 13.1 Å². The molecule has 1 aromatic rings. The van der Waals surface area contributed by atoms with E-state index in [2.05, 4.69) is 41.6 Å². The fraction of sp³-hybridized carbons (Fsp3) is 0.789. The smallest absolute Gasteiger partial charge is 0.228 e. The molecule has 1 aliphatic heterocycles. The standard InChI is InChI=1S/C19H29N3O/c1-14(2)8-15-12-20-22(13-15)18(3)4-6-21(7-5-18)17(23)19-9-16(10-19)11-19/h12-14,16H,4-11H2,1-3H3. The van der Waals surface area contributed by atoms with Crippen LogP contribution < -0.4 is 0 Å². The second-order valence-corrected chi connectivity index (χ2v) is 8.94. The molecule has 4 nitrogen and oxygen atoms in total. The zero-order valence-electron chi connectivity index (χ0n) is 14.7. The number of amides is 1. The minimum Gasteiger partial charge on any atom is -0.342 e. The molecule has 0 unspecified atom stereocenters. The van der Waals surface area contributed by atoms with Crippen LogP contribution in [0, 0.1) is 17.3 Å². The van der Waals surface area contributed by atoms with Gasteiger partial charge in [0, 0.05) is 19.3 Å². The van der Waals surface area contributed by atoms with Crippen LogP contribution in [0.2, 0.25) is 0 Å². The zero-order chi connectivity index (χ0) is 16.2. The number of piperidine rings is 1. The van der Waals surface area contributed by atoms with Gasteiger partial charge in [-0.05, 0) is 62.8 Å². The molecular formula is C19H29N3O. The van der Waals surface area contributed by atoms with Gasteiger partial charge in [0.2, 0.25) is 5.91 Å². The summed E-state index contributed by atoms with van der Waals surface area (Å²) in [4.78, 5) is 14.9. The van der Waals surface area contributed by atoms with Gasteiger partial charge in [-0.25, -0.2) is 0 Å². The van der Waals surface area contributed by atoms with Crippen LogP contribution in [-0.2, 0) is 16.8 Å². The molecule has 0 spiro atoms. The molecule has 4 heteroatoms. The number of carbonyl (C=O) groups is 1. The van der Waals surface area contributed by atoms with E-state index in [1.165, 1.54) is 5.56 Å². The molecule has 2 heterocycles. The summed E-state index contributed by atoms with van der Waals surface area (Å²) < 4.78 is 2.16. The number of nitrogens with zero attached hydrogens (tertiary/aromatic N) is 3. The van der Waals surface area contributed by atoms with Crippen LogP contribution in [0.3, 0.4) is 0 Å². The van der Waals surface area contributed by atoms with Crippen LogP contribution in [0.4, 0.5) is 0 Å². The number of rotatable bonds is 4. The highest BCUT2D eigenvalue weighted by molar-refractivity contribution is 5.85. The minimum atomic E-state index is 0.0610. The molecule has 3 saturated carbocycles. The maximum atomic E-state index is 12.7. The van der Waals surface area contributed by atoms with E-state index in [0.717, 1.165) is 57.5 Å². The summed E-state index contributed by atoms with van der Waals surface area (Å²) in [7, 11) is 0. The Morgan fingerprint density at radius 3 is 2.48 bits per heavy atom. The van der Waals surface area contributed by atoms with Crippen molar-refractivity contribution in [3.05, 3.63) is 18.0 Å². The molecule has 4 fully saturated rings. The Morgan fingerprint density at radius 2 is 1.96 bits per heavy atom. The van der Waals surface area contributed by atoms with Crippen molar-refractivity contribution >= 4 is 5.91 Å². The van der Waals surface area contributed by atoms with Crippen LogP contribution >= 0.6 is 0 Å². The van der Waals surface area contributed by atoms with Gasteiger partial charge >= 0.3 is 0 Å². The molecule has 4 aliphatic rings. The number of hydrogen-bond donors (Lipinski definition) is 0. The van der Waals surface area contributed by atoms with E-state index in [-0.39, 0.29) is 11.0 Å². The maximum Gasteiger partial charge on any atom is 0.228 e. The summed E-state index contributed by atoms with van der Waals surface area (Å²) in [5.41, 5.74) is 1.47. The average molecular weight is 315 g/mol. The van der Waals surface area contributed by atoms with Gasteiger partial charge in [-0.2, -0.15) is 5.10 Å². The van der Waals surface area contributed by atoms with Crippen molar-refractivity contribution < 1.29 is 4.79 Å². The van der Waals surface area contributed by atoms with Gasteiger partial charge in [-0.3, -0.25) is 9.48 Å². The maximum absolute atomic E-state index is 12.7. The summed E-state index contributed by atoms with van der Waals surface area (Å²) in [5.74, 6) is 1.98. The fourth-order valence-corrected chi connectivity index (χ4v) is 4.73. The van der Waals surface area contributed by atoms with E-state index >= 15 is 0 Å². The molecule has 23 heavy (non-hydrogen) atoms. The van der Waals surface area contributed by atoms with E-state index in [4.69, 9.17) is 0 Å². The van der Waals surface area contributed by atoms with Gasteiger partial charge in [0.1, 0.15) is 0 Å². The lowest BCUT2D eigenvalue weighted by Crippen LogP contribution is -2.62. The van der Waals surface area contributed by atoms with Gasteiger partial charge in [0.05, 0.1) is 17.2 Å². The zero-order valence-corrected chi connectivity index (χ0v) is 14.7. The van der Waals surface area contributed by atoms with Crippen LogP contribution in [-0.4, -0.2) is 33.7 Å². The molecule has 5 rings (SSSR count). The van der Waals surface area contributed by atoms with E-state index in [0.29, 0.717) is 11.8 Å². The third kappa shape index (κ3) is 2.41. The Labute approximate surface area is 139 Å². The summed E-state index contributed by atoms with van der Waals surface area (Å²) in [6.45, 7) is 8.56. The summed E-state index contributed by atoms with van der Waals surface area (Å²) in [6, 6.07) is 0. The number of carbonyl (C=O) groups excluding carboxylic acids is 1. The van der Waals surface area contributed by atoms with Gasteiger partial charge in [-0.1, -0.05) is 13.8 Å². The summed E-state index contributed by atoms with van der Waals surface area (Å²) in [6.07, 6.45) is 10.8. The van der Waals surface area contributed by atoms with Gasteiger partial charge in [0.25, 0.3) is 0 Å². The third-order valence-electron chi connectivity index (χ3n) is 6.45. The first-order chi connectivity index (χ1) is 10.9. The monoisotopic (exact) mass is 315 g/mol. The predicted octanol–water partition coefficient (Wildman–Crippen LogP) is 3.22. The SMILES string of the molecule is CC(C)Cc1cnn(C2(C)CCN(C(=O)C34CC(C3)C4)CC2)c1. The first kappa shape index (κ1) is 15.2. The molecule has 1 amide bonds. The average Bonchev–Trinajstić information content (AvgIpc) is 2.84. The largest absolute Gasteiger partial charge is 0.342 e. The molecule has 3 aliphatic carbocycles. The molecule has 2 bridgehead atoms. The molecule has 0 radical (unpaired) electrons. The Kier molecular flexibility index (Phi) is 3.37. The van der Waals surface area contributed by atoms with Crippen LogP contribution in [0.5, 0.6) is 0 Å². The van der Waals surface area contributed by atoms with Crippen LogP contribution in [0.15, 0.2) is 12.4 Å². The topological polar surface area (TPSA) is 38.1 Å². The van der Waals surface area contributed by atoms with E-state index < -0.39 is 0 Å². The summed E-state index contributed by atoms with van der Waals surface area (Å²) in [5, 5.41) is 4.63. The molecule has 0 aromatic carbocycles. The normalized spacial score (nSPS) is 31.7. The number of aromatic nitrogens is 2. The Morgan fingerprint density at radius 1 is 1.30 bits per heavy atom. The Balaban J connectivity index is 1.39. The Bertz CT molecular complexity index is 593. The second-order valence-electron chi connectivity index (χ2n) is 8.94. The van der Waals surface area contributed by atoms with Crippen molar-refractivity contribution in [2.24, 2.45) is 17.3 Å². The van der Waals surface area contributed by atoms with Gasteiger partial charge in [0.15, 0.2) is 0 Å². The highest BCUT2D eigenvalue weighted by Crippen LogP contribution is 2.65. The fourth-order valence-electron chi connectivity index (χ4n) is 4.73. The first-order valence-corrected chi connectivity index (χ1v) is 9.24. The lowest BCUT2D eigenvalue weighted by atomic mass is 9.44.